The molecule has 1 aromatic heterocycles. The molecule has 0 amide bonds. The van der Waals surface area contributed by atoms with E-state index >= 15 is 0 Å². The van der Waals surface area contributed by atoms with Crippen molar-refractivity contribution < 1.29 is 9.94 Å². The lowest BCUT2D eigenvalue weighted by Crippen LogP contribution is -2.43. The van der Waals surface area contributed by atoms with Gasteiger partial charge in [-0.25, -0.2) is 0 Å². The number of aromatic nitrogens is 1. The predicted molar refractivity (Wildman–Crippen MR) is 76.3 cm³/mol. The minimum atomic E-state index is 0.0817. The van der Waals surface area contributed by atoms with Gasteiger partial charge in [0.05, 0.1) is 12.6 Å². The van der Waals surface area contributed by atoms with E-state index < -0.39 is 0 Å². The lowest BCUT2D eigenvalue weighted by molar-refractivity contribution is -0.187. The maximum Gasteiger partial charge on any atom is 0.116 e. The third-order valence-electron chi connectivity index (χ3n) is 4.46. The fourth-order valence-electron chi connectivity index (χ4n) is 3.51. The molecule has 1 fully saturated rings. The van der Waals surface area contributed by atoms with Crippen LogP contribution in [0.15, 0.2) is 18.2 Å². The molecule has 20 heavy (non-hydrogen) atoms. The van der Waals surface area contributed by atoms with Crippen molar-refractivity contribution in [3.63, 3.8) is 0 Å². The van der Waals surface area contributed by atoms with E-state index in [-0.39, 0.29) is 12.1 Å². The van der Waals surface area contributed by atoms with Crippen LogP contribution in [0, 0.1) is 0 Å². The average Bonchev–Trinajstić information content (AvgIpc) is 2.69. The summed E-state index contributed by atoms with van der Waals surface area (Å²) in [4.78, 5) is 9.33. The number of aromatic amines is 1. The largest absolute Gasteiger partial charge is 0.508 e. The summed E-state index contributed by atoms with van der Waals surface area (Å²) in [6.45, 7) is 1.61. The van der Waals surface area contributed by atoms with Gasteiger partial charge in [-0.15, -0.1) is 0 Å². The van der Waals surface area contributed by atoms with Gasteiger partial charge in [-0.2, -0.15) is 5.06 Å². The van der Waals surface area contributed by atoms with Gasteiger partial charge in [0.25, 0.3) is 0 Å². The Bertz CT molecular complexity index is 652. The van der Waals surface area contributed by atoms with Gasteiger partial charge in [-0.05, 0) is 43.0 Å². The number of phenolic OH excluding ortho intramolecular Hbond substituents is 1. The summed E-state index contributed by atoms with van der Waals surface area (Å²) in [5.74, 6) is 0.308. The van der Waals surface area contributed by atoms with Gasteiger partial charge in [0, 0.05) is 29.2 Å². The lowest BCUT2D eigenvalue weighted by atomic mass is 9.93. The minimum absolute atomic E-state index is 0.0817. The van der Waals surface area contributed by atoms with Crippen LogP contribution in [-0.4, -0.2) is 34.3 Å². The zero-order chi connectivity index (χ0) is 13.7. The number of benzene rings is 1. The van der Waals surface area contributed by atoms with Gasteiger partial charge >= 0.3 is 0 Å². The van der Waals surface area contributed by atoms with Gasteiger partial charge in [0.1, 0.15) is 5.75 Å². The first-order valence-corrected chi connectivity index (χ1v) is 7.22. The zero-order valence-electron chi connectivity index (χ0n) is 11.3. The Balaban J connectivity index is 1.88. The van der Waals surface area contributed by atoms with Crippen LogP contribution in [0.4, 0.5) is 0 Å². The maximum atomic E-state index is 9.71. The molecule has 0 saturated carbocycles. The van der Waals surface area contributed by atoms with Crippen molar-refractivity contribution in [1.82, 2.24) is 10.0 Å². The first-order valence-electron chi connectivity index (χ1n) is 7.22. The summed E-state index contributed by atoms with van der Waals surface area (Å²) in [6, 6.07) is 5.65. The van der Waals surface area contributed by atoms with Gasteiger partial charge in [-0.1, -0.05) is 0 Å². The number of H-pyrrole nitrogens is 1. The molecule has 2 aliphatic heterocycles. The van der Waals surface area contributed by atoms with Crippen LogP contribution in [0.25, 0.3) is 10.9 Å². The highest BCUT2D eigenvalue weighted by Crippen LogP contribution is 2.38. The molecule has 1 saturated heterocycles. The minimum Gasteiger partial charge on any atom is -0.508 e. The van der Waals surface area contributed by atoms with Crippen LogP contribution in [0.1, 0.15) is 30.1 Å². The van der Waals surface area contributed by atoms with Crippen LogP contribution in [0.3, 0.4) is 0 Å². The molecule has 4 rings (SSSR count). The third kappa shape index (κ3) is 1.74. The van der Waals surface area contributed by atoms with Crippen molar-refractivity contribution in [1.29, 1.82) is 0 Å². The molecule has 2 atom stereocenters. The fourth-order valence-corrected chi connectivity index (χ4v) is 3.51. The van der Waals surface area contributed by atoms with Crippen molar-refractivity contribution in [3.05, 3.63) is 29.5 Å². The molecular weight excluding hydrogens is 254 g/mol. The van der Waals surface area contributed by atoms with Crippen LogP contribution in [0.5, 0.6) is 5.75 Å². The van der Waals surface area contributed by atoms with E-state index in [9.17, 15) is 5.11 Å². The van der Waals surface area contributed by atoms with Crippen LogP contribution in [0.2, 0.25) is 0 Å². The van der Waals surface area contributed by atoms with Crippen molar-refractivity contribution in [2.24, 2.45) is 5.73 Å². The number of hydroxylamine groups is 2. The Morgan fingerprint density at radius 2 is 2.30 bits per heavy atom. The van der Waals surface area contributed by atoms with Crippen LogP contribution < -0.4 is 5.73 Å². The van der Waals surface area contributed by atoms with Crippen molar-refractivity contribution in [3.8, 4) is 5.75 Å². The fraction of sp³-hybridized carbons (Fsp3) is 0.467. The van der Waals surface area contributed by atoms with E-state index in [1.165, 1.54) is 5.56 Å². The summed E-state index contributed by atoms with van der Waals surface area (Å²) in [7, 11) is 0. The molecule has 0 bridgehead atoms. The molecule has 0 aliphatic carbocycles. The Morgan fingerprint density at radius 1 is 1.40 bits per heavy atom. The van der Waals surface area contributed by atoms with Crippen molar-refractivity contribution >= 4 is 10.9 Å². The molecule has 2 aromatic rings. The predicted octanol–water partition coefficient (Wildman–Crippen LogP) is 1.83. The molecule has 5 nitrogen and oxygen atoms in total. The standard InChI is InChI=1S/C15H19N3O2/c16-12-2-1-7-20-18-6-5-10-11-8-9(19)3-4-13(11)17-14(10)15(12)18/h3-4,8,12,15,17,19H,1-2,5-7,16H2/t12-,15+/m1/s1. The summed E-state index contributed by atoms with van der Waals surface area (Å²) in [6.07, 6.45) is 2.90. The number of aromatic hydroxyl groups is 1. The second kappa shape index (κ2) is 4.48. The second-order valence-electron chi connectivity index (χ2n) is 5.72. The lowest BCUT2D eigenvalue weighted by Gasteiger charge is -2.35. The summed E-state index contributed by atoms with van der Waals surface area (Å²) in [5, 5.41) is 12.9. The maximum absolute atomic E-state index is 9.71. The van der Waals surface area contributed by atoms with Gasteiger partial charge in [0.15, 0.2) is 0 Å². The van der Waals surface area contributed by atoms with E-state index in [1.807, 2.05) is 17.2 Å². The first kappa shape index (κ1) is 12.2. The number of nitrogens with zero attached hydrogens (tertiary/aromatic N) is 1. The average molecular weight is 273 g/mol. The molecule has 3 heterocycles. The molecule has 1 aromatic carbocycles. The van der Waals surface area contributed by atoms with Gasteiger partial charge < -0.3 is 15.8 Å². The van der Waals surface area contributed by atoms with Gasteiger partial charge in [0.2, 0.25) is 0 Å². The normalized spacial score (nSPS) is 27.1. The van der Waals surface area contributed by atoms with E-state index in [0.29, 0.717) is 5.75 Å². The molecule has 0 radical (unpaired) electrons. The molecule has 5 heteroatoms. The topological polar surface area (TPSA) is 74.5 Å². The Labute approximate surface area is 117 Å². The number of hydrogen-bond donors (Lipinski definition) is 3. The molecular formula is C15H19N3O2. The van der Waals surface area contributed by atoms with Gasteiger partial charge in [-0.3, -0.25) is 4.84 Å². The molecule has 2 aliphatic rings. The molecule has 0 unspecified atom stereocenters. The highest BCUT2D eigenvalue weighted by atomic mass is 16.7. The third-order valence-corrected chi connectivity index (χ3v) is 4.46. The second-order valence-corrected chi connectivity index (χ2v) is 5.72. The number of fused-ring (bicyclic) bond motifs is 5. The Kier molecular flexibility index (Phi) is 2.73. The number of nitrogens with one attached hydrogen (secondary N) is 1. The smallest absolute Gasteiger partial charge is 0.116 e. The van der Waals surface area contributed by atoms with E-state index in [0.717, 1.165) is 49.0 Å². The van der Waals surface area contributed by atoms with E-state index in [2.05, 4.69) is 4.98 Å². The highest BCUT2D eigenvalue weighted by molar-refractivity contribution is 5.86. The number of phenols is 1. The van der Waals surface area contributed by atoms with Crippen molar-refractivity contribution in [2.45, 2.75) is 31.3 Å². The quantitative estimate of drug-likeness (QED) is 0.684. The van der Waals surface area contributed by atoms with Crippen LogP contribution in [-0.2, 0) is 11.3 Å². The van der Waals surface area contributed by atoms with Crippen molar-refractivity contribution in [2.75, 3.05) is 13.2 Å². The molecule has 106 valence electrons. The summed E-state index contributed by atoms with van der Waals surface area (Å²) < 4.78 is 0. The van der Waals surface area contributed by atoms with E-state index in [4.69, 9.17) is 10.6 Å². The number of nitrogens with two attached hydrogens (primary N) is 1. The Hall–Kier alpha value is -1.56. The van der Waals surface area contributed by atoms with Crippen LogP contribution >= 0.6 is 0 Å². The number of rotatable bonds is 0. The first-order chi connectivity index (χ1) is 9.74. The molecule has 0 spiro atoms. The summed E-state index contributed by atoms with van der Waals surface area (Å²) in [5.41, 5.74) is 9.86. The Morgan fingerprint density at radius 3 is 3.20 bits per heavy atom. The number of hydrogen-bond acceptors (Lipinski definition) is 4. The highest BCUT2D eigenvalue weighted by Gasteiger charge is 2.36. The summed E-state index contributed by atoms with van der Waals surface area (Å²) >= 11 is 0. The van der Waals surface area contributed by atoms with E-state index in [1.54, 1.807) is 6.07 Å². The SMILES string of the molecule is N[C@@H]1CCCON2CCc3c([nH]c4ccc(O)cc34)[C@H]12. The molecule has 4 N–H and O–H groups in total. The monoisotopic (exact) mass is 273 g/mol. The zero-order valence-corrected chi connectivity index (χ0v) is 11.3.